The van der Waals surface area contributed by atoms with Gasteiger partial charge < -0.3 is 15.8 Å². The van der Waals surface area contributed by atoms with Gasteiger partial charge in [0, 0.05) is 24.9 Å². The van der Waals surface area contributed by atoms with Crippen molar-refractivity contribution in [2.75, 3.05) is 13.7 Å². The number of hydrogen-bond acceptors (Lipinski definition) is 7. The van der Waals surface area contributed by atoms with Gasteiger partial charge in [-0.2, -0.15) is 13.6 Å². The Morgan fingerprint density at radius 1 is 1.22 bits per heavy atom. The highest BCUT2D eigenvalue weighted by Gasteiger charge is 2.53. The Labute approximate surface area is 187 Å². The van der Waals surface area contributed by atoms with E-state index in [1.165, 1.54) is 31.4 Å². The van der Waals surface area contributed by atoms with E-state index in [0.29, 0.717) is 5.75 Å². The van der Waals surface area contributed by atoms with Gasteiger partial charge in [-0.15, -0.1) is 0 Å². The Bertz CT molecular complexity index is 1030. The number of carbonyl (C=O) groups excluding carboxylic acids is 2. The lowest BCUT2D eigenvalue weighted by Gasteiger charge is -2.36. The van der Waals surface area contributed by atoms with Crippen LogP contribution >= 0.6 is 0 Å². The lowest BCUT2D eigenvalue weighted by Crippen LogP contribution is -2.64. The topological polar surface area (TPSA) is 149 Å². The van der Waals surface area contributed by atoms with E-state index < -0.39 is 44.4 Å². The van der Waals surface area contributed by atoms with Gasteiger partial charge in [0.05, 0.1) is 13.5 Å². The summed E-state index contributed by atoms with van der Waals surface area (Å²) >= 11 is 0. The van der Waals surface area contributed by atoms with Gasteiger partial charge >= 0.3 is 10.0 Å². The maximum atomic E-state index is 13.4. The molecule has 2 aromatic rings. The highest BCUT2D eigenvalue weighted by molar-refractivity contribution is 7.85. The summed E-state index contributed by atoms with van der Waals surface area (Å²) in [4.78, 5) is 28.3. The number of hydrogen-bond donors (Lipinski definition) is 3. The molecule has 174 valence electrons. The minimum atomic E-state index is -4.53. The molecule has 10 nitrogen and oxygen atoms in total. The summed E-state index contributed by atoms with van der Waals surface area (Å²) in [5.41, 5.74) is 6.24. The van der Waals surface area contributed by atoms with Crippen molar-refractivity contribution in [3.63, 3.8) is 0 Å². The maximum absolute atomic E-state index is 13.4. The van der Waals surface area contributed by atoms with Crippen molar-refractivity contribution < 1.29 is 32.0 Å². The molecule has 0 aliphatic rings. The van der Waals surface area contributed by atoms with E-state index in [0.717, 1.165) is 5.56 Å². The molecule has 2 amide bonds. The average molecular weight is 466 g/mol. The number of carbonyl (C=O) groups is 2. The van der Waals surface area contributed by atoms with Gasteiger partial charge in [-0.05, 0) is 35.9 Å². The number of nitrogens with two attached hydrogens (primary N) is 1. The Kier molecular flexibility index (Phi) is 8.31. The lowest BCUT2D eigenvalue weighted by atomic mass is 10.0. The van der Waals surface area contributed by atoms with Gasteiger partial charge in [-0.25, -0.2) is 0 Å². The largest absolute Gasteiger partial charge is 0.497 e. The van der Waals surface area contributed by atoms with Crippen LogP contribution < -0.4 is 15.8 Å². The zero-order valence-electron chi connectivity index (χ0n) is 18.3. The van der Waals surface area contributed by atoms with Crippen molar-refractivity contribution in [3.8, 4) is 5.75 Å². The Hall–Kier alpha value is -3.02. The van der Waals surface area contributed by atoms with Crippen LogP contribution in [0.25, 0.3) is 0 Å². The summed E-state index contributed by atoms with van der Waals surface area (Å²) < 4.78 is 30.2. The smallest absolute Gasteiger partial charge is 0.357 e. The van der Waals surface area contributed by atoms with Gasteiger partial charge in [0.1, 0.15) is 17.2 Å². The quantitative estimate of drug-likeness (QED) is 0.333. The number of nitrogens with zero attached hydrogens (tertiary/aromatic N) is 2. The summed E-state index contributed by atoms with van der Waals surface area (Å²) in [5, 5.41) is 14.0. The summed E-state index contributed by atoms with van der Waals surface area (Å²) in [6.45, 7) is 2.76. The predicted molar refractivity (Wildman–Crippen MR) is 116 cm³/mol. The molecule has 2 atom stereocenters. The molecule has 1 aromatic heterocycles. The predicted octanol–water partition coefficient (Wildman–Crippen LogP) is 1.20. The molecule has 2 rings (SSSR count). The van der Waals surface area contributed by atoms with Crippen LogP contribution in [0.3, 0.4) is 0 Å². The van der Waals surface area contributed by atoms with Crippen LogP contribution in [0, 0.1) is 5.92 Å². The number of ether oxygens (including phenoxy) is 1. The lowest BCUT2D eigenvalue weighted by molar-refractivity contribution is -1.02. The van der Waals surface area contributed by atoms with Gasteiger partial charge in [0.25, 0.3) is 5.91 Å². The number of hydroxylamine groups is 2. The molecule has 1 aromatic carbocycles. The molecule has 1 heterocycles. The minimum Gasteiger partial charge on any atom is -0.497 e. The first-order valence-electron chi connectivity index (χ1n) is 9.97. The zero-order valence-corrected chi connectivity index (χ0v) is 19.1. The van der Waals surface area contributed by atoms with Crippen LogP contribution in [0.5, 0.6) is 5.75 Å². The van der Waals surface area contributed by atoms with Crippen molar-refractivity contribution in [2.24, 2.45) is 11.7 Å². The molecule has 0 aliphatic heterocycles. The highest BCUT2D eigenvalue weighted by Crippen LogP contribution is 2.30. The van der Waals surface area contributed by atoms with Crippen LogP contribution in [-0.2, 0) is 26.2 Å². The molecular formula is C21H29N4O6S+. The summed E-state index contributed by atoms with van der Waals surface area (Å²) in [6.07, 6.45) is 2.83. The molecule has 0 spiro atoms. The van der Waals surface area contributed by atoms with Crippen molar-refractivity contribution in [1.82, 2.24) is 10.3 Å². The number of quaternary nitrogens is 1. The molecule has 0 fully saturated rings. The Morgan fingerprint density at radius 2 is 1.88 bits per heavy atom. The number of benzene rings is 1. The van der Waals surface area contributed by atoms with E-state index >= 15 is 0 Å². The van der Waals surface area contributed by atoms with E-state index in [9.17, 15) is 23.2 Å². The van der Waals surface area contributed by atoms with E-state index in [2.05, 4.69) is 10.3 Å². The van der Waals surface area contributed by atoms with Gasteiger partial charge in [0.2, 0.25) is 11.9 Å². The van der Waals surface area contributed by atoms with Crippen LogP contribution in [0.2, 0.25) is 0 Å². The molecule has 0 bridgehead atoms. The molecule has 1 unspecified atom stereocenters. The fourth-order valence-electron chi connectivity index (χ4n) is 3.39. The van der Waals surface area contributed by atoms with Crippen LogP contribution in [0.1, 0.15) is 25.8 Å². The summed E-state index contributed by atoms with van der Waals surface area (Å²) in [7, 11) is -3.10. The third-order valence-electron chi connectivity index (χ3n) is 5.00. The molecule has 0 saturated carbocycles. The molecule has 0 saturated heterocycles. The number of methoxy groups -OCH3 is 1. The number of sulfonamides is 1. The third-order valence-corrected chi connectivity index (χ3v) is 7.11. The molecule has 0 radical (unpaired) electrons. The van der Waals surface area contributed by atoms with Crippen molar-refractivity contribution in [3.05, 3.63) is 54.4 Å². The van der Waals surface area contributed by atoms with Gasteiger partial charge in [-0.1, -0.05) is 24.0 Å². The number of primary amides is 1. The molecule has 11 heteroatoms. The first kappa shape index (κ1) is 25.2. The molecule has 4 N–H and O–H groups in total. The second kappa shape index (κ2) is 10.5. The molecule has 32 heavy (non-hydrogen) atoms. The first-order chi connectivity index (χ1) is 15.0. The van der Waals surface area contributed by atoms with Crippen LogP contribution in [0.4, 0.5) is 0 Å². The Balaban J connectivity index is 2.31. The second-order valence-electron chi connectivity index (χ2n) is 7.61. The zero-order chi connectivity index (χ0) is 23.9. The first-order valence-corrected chi connectivity index (χ1v) is 11.4. The fourth-order valence-corrected chi connectivity index (χ4v) is 5.21. The average Bonchev–Trinajstić information content (AvgIpc) is 2.76. The number of amides is 2. The second-order valence-corrected chi connectivity index (χ2v) is 9.66. The number of rotatable bonds is 11. The monoisotopic (exact) mass is 465 g/mol. The third kappa shape index (κ3) is 5.61. The fraction of sp³-hybridized carbons (Fsp3) is 0.381. The van der Waals surface area contributed by atoms with E-state index in [1.807, 2.05) is 0 Å². The molecule has 0 aliphatic carbocycles. The number of nitrogens with one attached hydrogen (secondary N) is 1. The molecular weight excluding hydrogens is 436 g/mol. The van der Waals surface area contributed by atoms with E-state index in [-0.39, 0.29) is 17.9 Å². The Morgan fingerprint density at radius 3 is 2.38 bits per heavy atom. The standard InChI is InChI=1S/C21H28N4O6S/c1-15(2)20(21(22)27)25(28,32(29,30)18-8-6-17(31-3)7-9-18)12-10-19(26)24-14-16-5-4-11-23-13-16/h4-9,11,13,15,20,28H,10,12,14H2,1-3H3,(H2-,22,24,26,27)/p+1/t20-,25?/m1/s1. The maximum Gasteiger partial charge on any atom is 0.357 e. The van der Waals surface area contributed by atoms with Crippen molar-refractivity contribution in [1.29, 1.82) is 0 Å². The minimum absolute atomic E-state index is 0.187. The summed E-state index contributed by atoms with van der Waals surface area (Å²) in [5.74, 6) is -1.69. The normalized spacial score (nSPS) is 14.4. The summed E-state index contributed by atoms with van der Waals surface area (Å²) in [6, 6.07) is 7.37. The van der Waals surface area contributed by atoms with E-state index in [4.69, 9.17) is 10.5 Å². The van der Waals surface area contributed by atoms with Crippen molar-refractivity contribution >= 4 is 21.8 Å². The van der Waals surface area contributed by atoms with Gasteiger partial charge in [-0.3, -0.25) is 14.6 Å². The number of pyridine rings is 1. The highest BCUT2D eigenvalue weighted by atomic mass is 32.2. The van der Waals surface area contributed by atoms with E-state index in [1.54, 1.807) is 38.4 Å². The SMILES string of the molecule is COc1ccc(S(=O)(=O)[N+](O)(CCC(=O)NCc2cccnc2)[C@@H](C(N)=O)C(C)C)cc1. The van der Waals surface area contributed by atoms with Crippen LogP contribution in [0.15, 0.2) is 53.7 Å². The van der Waals surface area contributed by atoms with Crippen molar-refractivity contribution in [2.45, 2.75) is 37.8 Å². The van der Waals surface area contributed by atoms with Gasteiger partial charge in [0.15, 0.2) is 0 Å². The van der Waals surface area contributed by atoms with Crippen LogP contribution in [-0.4, -0.2) is 54.2 Å². The number of aromatic nitrogens is 1.